The number of thiophene rings is 1. The number of oxazole rings is 1. The third kappa shape index (κ3) is 3.00. The van der Waals surface area contributed by atoms with Crippen LogP contribution < -0.4 is 4.72 Å². The Morgan fingerprint density at radius 1 is 1.44 bits per heavy atom. The van der Waals surface area contributed by atoms with Crippen molar-refractivity contribution in [1.29, 1.82) is 0 Å². The van der Waals surface area contributed by atoms with Crippen LogP contribution in [0.2, 0.25) is 0 Å². The van der Waals surface area contributed by atoms with E-state index >= 15 is 0 Å². The van der Waals surface area contributed by atoms with E-state index in [1.165, 1.54) is 0 Å². The molecule has 0 unspecified atom stereocenters. The van der Waals surface area contributed by atoms with E-state index < -0.39 is 10.0 Å². The molecule has 0 saturated heterocycles. The molecule has 0 fully saturated rings. The smallest absolute Gasteiger partial charge is 0.250 e. The van der Waals surface area contributed by atoms with Crippen molar-refractivity contribution in [2.75, 3.05) is 0 Å². The fraction of sp³-hybridized carbons (Fsp3) is 0.300. The summed E-state index contributed by atoms with van der Waals surface area (Å²) < 4.78 is 32.6. The zero-order chi connectivity index (χ0) is 13.3. The molecule has 98 valence electrons. The van der Waals surface area contributed by atoms with E-state index in [1.807, 2.05) is 6.92 Å². The highest BCUT2D eigenvalue weighted by molar-refractivity contribution is 9.11. The first kappa shape index (κ1) is 13.7. The lowest BCUT2D eigenvalue weighted by Crippen LogP contribution is -2.22. The summed E-state index contributed by atoms with van der Waals surface area (Å²) in [6, 6.07) is 3.24. The molecule has 0 atom stereocenters. The van der Waals surface area contributed by atoms with Gasteiger partial charge in [0.05, 0.1) is 16.0 Å². The van der Waals surface area contributed by atoms with E-state index in [1.54, 1.807) is 19.1 Å². The first-order valence-electron chi connectivity index (χ1n) is 5.06. The molecule has 0 spiro atoms. The van der Waals surface area contributed by atoms with Gasteiger partial charge in [0, 0.05) is 0 Å². The Morgan fingerprint density at radius 2 is 2.17 bits per heavy atom. The van der Waals surface area contributed by atoms with Gasteiger partial charge in [-0.25, -0.2) is 18.1 Å². The number of aromatic nitrogens is 1. The van der Waals surface area contributed by atoms with Gasteiger partial charge in [-0.1, -0.05) is 0 Å². The van der Waals surface area contributed by atoms with Crippen molar-refractivity contribution in [3.63, 3.8) is 0 Å². The topological polar surface area (TPSA) is 72.2 Å². The SMILES string of the molecule is Cc1nc(CNS(=O)(=O)c2ccc(Br)s2)oc1C. The maximum Gasteiger partial charge on any atom is 0.250 e. The van der Waals surface area contributed by atoms with Crippen LogP contribution in [0.5, 0.6) is 0 Å². The Hall–Kier alpha value is -0.700. The van der Waals surface area contributed by atoms with Crippen LogP contribution in [0.25, 0.3) is 0 Å². The van der Waals surface area contributed by atoms with E-state index in [2.05, 4.69) is 25.6 Å². The first-order chi connectivity index (χ1) is 8.38. The molecule has 0 aromatic carbocycles. The number of nitrogens with zero attached hydrogens (tertiary/aromatic N) is 1. The summed E-state index contributed by atoms with van der Waals surface area (Å²) in [6.45, 7) is 3.65. The molecule has 0 bridgehead atoms. The summed E-state index contributed by atoms with van der Waals surface area (Å²) >= 11 is 4.38. The molecule has 2 heterocycles. The zero-order valence-corrected chi connectivity index (χ0v) is 12.9. The Kier molecular flexibility index (Phi) is 3.90. The number of halogens is 1. The molecule has 18 heavy (non-hydrogen) atoms. The third-order valence-electron chi connectivity index (χ3n) is 2.30. The Bertz CT molecular complexity index is 641. The average molecular weight is 351 g/mol. The number of sulfonamides is 1. The van der Waals surface area contributed by atoms with Gasteiger partial charge in [-0.3, -0.25) is 0 Å². The van der Waals surface area contributed by atoms with E-state index in [9.17, 15) is 8.42 Å². The highest BCUT2D eigenvalue weighted by Crippen LogP contribution is 2.25. The molecule has 1 N–H and O–H groups in total. The second-order valence-corrected chi connectivity index (χ2v) is 8.09. The fourth-order valence-corrected chi connectivity index (χ4v) is 4.31. The molecule has 0 aliphatic rings. The van der Waals surface area contributed by atoms with Gasteiger partial charge in [0.15, 0.2) is 0 Å². The molecule has 5 nitrogen and oxygen atoms in total. The average Bonchev–Trinajstić information content (AvgIpc) is 2.85. The lowest BCUT2D eigenvalue weighted by atomic mass is 10.4. The van der Waals surface area contributed by atoms with Gasteiger partial charge in [0.1, 0.15) is 9.97 Å². The molecular formula is C10H11BrN2O3S2. The van der Waals surface area contributed by atoms with Gasteiger partial charge in [-0.15, -0.1) is 11.3 Å². The molecule has 0 aliphatic carbocycles. The number of hydrogen-bond donors (Lipinski definition) is 1. The molecule has 8 heteroatoms. The van der Waals surface area contributed by atoms with Crippen molar-refractivity contribution in [3.8, 4) is 0 Å². The van der Waals surface area contributed by atoms with Crippen molar-refractivity contribution in [2.45, 2.75) is 24.6 Å². The molecule has 2 aromatic heterocycles. The monoisotopic (exact) mass is 350 g/mol. The Balaban J connectivity index is 2.10. The third-order valence-corrected chi connectivity index (χ3v) is 5.82. The molecule has 2 aromatic rings. The van der Waals surface area contributed by atoms with E-state index in [0.29, 0.717) is 11.7 Å². The van der Waals surface area contributed by atoms with Crippen LogP contribution >= 0.6 is 27.3 Å². The number of aryl methyl sites for hydroxylation is 2. The zero-order valence-electron chi connectivity index (χ0n) is 9.73. The highest BCUT2D eigenvalue weighted by Gasteiger charge is 2.17. The van der Waals surface area contributed by atoms with Crippen LogP contribution in [0, 0.1) is 13.8 Å². The van der Waals surface area contributed by atoms with Gasteiger partial charge in [-0.05, 0) is 41.9 Å². The summed E-state index contributed by atoms with van der Waals surface area (Å²) in [6.07, 6.45) is 0. The summed E-state index contributed by atoms with van der Waals surface area (Å²) in [7, 11) is -3.50. The van der Waals surface area contributed by atoms with Crippen LogP contribution in [0.1, 0.15) is 17.3 Å². The second-order valence-electron chi connectivity index (χ2n) is 3.63. The maximum atomic E-state index is 11.9. The van der Waals surface area contributed by atoms with Crippen molar-refractivity contribution >= 4 is 37.3 Å². The predicted molar refractivity (Wildman–Crippen MR) is 72.0 cm³/mol. The Morgan fingerprint density at radius 3 is 2.67 bits per heavy atom. The van der Waals surface area contributed by atoms with Crippen LogP contribution in [-0.4, -0.2) is 13.4 Å². The largest absolute Gasteiger partial charge is 0.444 e. The lowest BCUT2D eigenvalue weighted by Gasteiger charge is -2.01. The van der Waals surface area contributed by atoms with Crippen molar-refractivity contribution in [1.82, 2.24) is 9.71 Å². The van der Waals surface area contributed by atoms with Crippen molar-refractivity contribution in [3.05, 3.63) is 33.3 Å². The minimum Gasteiger partial charge on any atom is -0.444 e. The van der Waals surface area contributed by atoms with Crippen LogP contribution in [0.3, 0.4) is 0 Å². The van der Waals surface area contributed by atoms with Gasteiger partial charge in [0.25, 0.3) is 10.0 Å². The predicted octanol–water partition coefficient (Wildman–Crippen LogP) is 2.59. The standard InChI is InChI=1S/C10H11BrN2O3S2/c1-6-7(2)16-9(13-6)5-12-18(14,15)10-4-3-8(11)17-10/h3-4,12H,5H2,1-2H3. The quantitative estimate of drug-likeness (QED) is 0.919. The molecule has 0 amide bonds. The van der Waals surface area contributed by atoms with E-state index in [0.717, 1.165) is 20.8 Å². The minimum atomic E-state index is -3.50. The second kappa shape index (κ2) is 5.12. The van der Waals surface area contributed by atoms with E-state index in [4.69, 9.17) is 4.42 Å². The molecule has 2 rings (SSSR count). The highest BCUT2D eigenvalue weighted by atomic mass is 79.9. The van der Waals surface area contributed by atoms with Crippen molar-refractivity contribution in [2.24, 2.45) is 0 Å². The van der Waals surface area contributed by atoms with Gasteiger partial charge >= 0.3 is 0 Å². The first-order valence-corrected chi connectivity index (χ1v) is 8.15. The van der Waals surface area contributed by atoms with Gasteiger partial charge in [0.2, 0.25) is 5.89 Å². The molecular weight excluding hydrogens is 340 g/mol. The molecule has 0 aliphatic heterocycles. The summed E-state index contributed by atoms with van der Waals surface area (Å²) in [4.78, 5) is 4.11. The Labute approximate surface area is 117 Å². The maximum absolute atomic E-state index is 11.9. The summed E-state index contributed by atoms with van der Waals surface area (Å²) in [5.74, 6) is 1.06. The van der Waals surface area contributed by atoms with Gasteiger partial charge in [-0.2, -0.15) is 0 Å². The summed E-state index contributed by atoms with van der Waals surface area (Å²) in [5.41, 5.74) is 0.767. The summed E-state index contributed by atoms with van der Waals surface area (Å²) in [5, 5.41) is 0. The molecule has 0 saturated carbocycles. The van der Waals surface area contributed by atoms with Crippen LogP contribution in [-0.2, 0) is 16.6 Å². The van der Waals surface area contributed by atoms with Crippen LogP contribution in [0.4, 0.5) is 0 Å². The van der Waals surface area contributed by atoms with Crippen molar-refractivity contribution < 1.29 is 12.8 Å². The van der Waals surface area contributed by atoms with Crippen LogP contribution in [0.15, 0.2) is 24.5 Å². The molecule has 0 radical (unpaired) electrons. The minimum absolute atomic E-state index is 0.0481. The van der Waals surface area contributed by atoms with Gasteiger partial charge < -0.3 is 4.42 Å². The normalized spacial score (nSPS) is 11.9. The van der Waals surface area contributed by atoms with E-state index in [-0.39, 0.29) is 10.8 Å². The lowest BCUT2D eigenvalue weighted by molar-refractivity contribution is 0.463. The number of nitrogens with one attached hydrogen (secondary N) is 1. The fourth-order valence-electron chi connectivity index (χ4n) is 1.28. The number of rotatable bonds is 4. The number of hydrogen-bond acceptors (Lipinski definition) is 5.